The van der Waals surface area contributed by atoms with Crippen LogP contribution in [-0.2, 0) is 0 Å². The first-order valence-electron chi connectivity index (χ1n) is 4.55. The maximum atomic E-state index is 5.81. The van der Waals surface area contributed by atoms with E-state index in [2.05, 4.69) is 26.1 Å². The molecule has 0 aliphatic carbocycles. The van der Waals surface area contributed by atoms with Gasteiger partial charge < -0.3 is 10.3 Å². The third kappa shape index (κ3) is 2.11. The molecule has 0 radical (unpaired) electrons. The van der Waals surface area contributed by atoms with Gasteiger partial charge in [0.25, 0.3) is 5.89 Å². The summed E-state index contributed by atoms with van der Waals surface area (Å²) in [5.74, 6) is 1.09. The average Bonchev–Trinajstić information content (AvgIpc) is 2.84. The fourth-order valence-electron chi connectivity index (χ4n) is 1.11. The molecular formula is C9H10BrN3OS. The van der Waals surface area contributed by atoms with Crippen molar-refractivity contribution in [3.8, 4) is 10.8 Å². The standard InChI is InChI=1S/C9H10BrN3OS/c1-2-6(11)8-12-9(14-13-8)7-5(10)3-4-15-7/h3-4,6H,2,11H2,1H3. The fraction of sp³-hybridized carbons (Fsp3) is 0.333. The van der Waals surface area contributed by atoms with Crippen molar-refractivity contribution >= 4 is 27.3 Å². The number of nitrogens with zero attached hydrogens (tertiary/aromatic N) is 2. The van der Waals surface area contributed by atoms with Crippen LogP contribution in [0.5, 0.6) is 0 Å². The van der Waals surface area contributed by atoms with E-state index in [1.807, 2.05) is 18.4 Å². The van der Waals surface area contributed by atoms with Crippen LogP contribution in [0.4, 0.5) is 0 Å². The van der Waals surface area contributed by atoms with Gasteiger partial charge in [-0.15, -0.1) is 11.3 Å². The number of nitrogens with two attached hydrogens (primary N) is 1. The lowest BCUT2D eigenvalue weighted by molar-refractivity contribution is 0.415. The molecule has 1 unspecified atom stereocenters. The Labute approximate surface area is 99.6 Å². The van der Waals surface area contributed by atoms with Crippen LogP contribution in [0.3, 0.4) is 0 Å². The van der Waals surface area contributed by atoms with Crippen LogP contribution >= 0.6 is 27.3 Å². The van der Waals surface area contributed by atoms with E-state index in [9.17, 15) is 0 Å². The molecule has 2 N–H and O–H groups in total. The highest BCUT2D eigenvalue weighted by atomic mass is 79.9. The zero-order valence-corrected chi connectivity index (χ0v) is 10.5. The zero-order chi connectivity index (χ0) is 10.8. The summed E-state index contributed by atoms with van der Waals surface area (Å²) in [4.78, 5) is 5.20. The summed E-state index contributed by atoms with van der Waals surface area (Å²) in [6, 6.07) is 1.80. The minimum Gasteiger partial charge on any atom is -0.333 e. The summed E-state index contributed by atoms with van der Waals surface area (Å²) in [7, 11) is 0. The Morgan fingerprint density at radius 2 is 2.47 bits per heavy atom. The van der Waals surface area contributed by atoms with Crippen molar-refractivity contribution in [3.63, 3.8) is 0 Å². The molecule has 0 aliphatic rings. The van der Waals surface area contributed by atoms with Gasteiger partial charge in [-0.25, -0.2) is 0 Å². The molecule has 0 saturated heterocycles. The Morgan fingerprint density at radius 3 is 3.07 bits per heavy atom. The summed E-state index contributed by atoms with van der Waals surface area (Å²) < 4.78 is 6.12. The summed E-state index contributed by atoms with van der Waals surface area (Å²) >= 11 is 4.97. The largest absolute Gasteiger partial charge is 0.333 e. The van der Waals surface area contributed by atoms with E-state index in [-0.39, 0.29) is 6.04 Å². The minimum atomic E-state index is -0.152. The van der Waals surface area contributed by atoms with E-state index in [1.54, 1.807) is 11.3 Å². The molecule has 0 spiro atoms. The Kier molecular flexibility index (Phi) is 3.18. The van der Waals surface area contributed by atoms with Crippen LogP contribution in [0.25, 0.3) is 10.8 Å². The van der Waals surface area contributed by atoms with E-state index in [0.717, 1.165) is 15.8 Å². The maximum absolute atomic E-state index is 5.81. The molecular weight excluding hydrogens is 278 g/mol. The van der Waals surface area contributed by atoms with Gasteiger partial charge in [-0.3, -0.25) is 0 Å². The lowest BCUT2D eigenvalue weighted by atomic mass is 10.2. The first-order chi connectivity index (χ1) is 7.22. The Hall–Kier alpha value is -0.720. The minimum absolute atomic E-state index is 0.152. The molecule has 0 amide bonds. The topological polar surface area (TPSA) is 64.9 Å². The van der Waals surface area contributed by atoms with Gasteiger partial charge in [0, 0.05) is 4.47 Å². The predicted octanol–water partition coefficient (Wildman–Crippen LogP) is 2.97. The Balaban J connectivity index is 2.32. The normalized spacial score (nSPS) is 13.0. The van der Waals surface area contributed by atoms with Crippen LogP contribution in [0.1, 0.15) is 25.2 Å². The summed E-state index contributed by atoms with van der Waals surface area (Å²) in [5, 5.41) is 5.82. The molecule has 2 heterocycles. The fourth-order valence-corrected chi connectivity index (χ4v) is 2.57. The van der Waals surface area contributed by atoms with Crippen LogP contribution in [0.2, 0.25) is 0 Å². The summed E-state index contributed by atoms with van der Waals surface area (Å²) in [5.41, 5.74) is 5.81. The van der Waals surface area contributed by atoms with Gasteiger partial charge in [-0.1, -0.05) is 12.1 Å². The molecule has 2 aromatic rings. The van der Waals surface area contributed by atoms with Crippen molar-refractivity contribution in [1.82, 2.24) is 10.1 Å². The quantitative estimate of drug-likeness (QED) is 0.943. The van der Waals surface area contributed by atoms with E-state index in [4.69, 9.17) is 10.3 Å². The Morgan fingerprint density at radius 1 is 1.67 bits per heavy atom. The van der Waals surface area contributed by atoms with Crippen molar-refractivity contribution in [1.29, 1.82) is 0 Å². The molecule has 0 aliphatic heterocycles. The van der Waals surface area contributed by atoms with Crippen LogP contribution in [0, 0.1) is 0 Å². The monoisotopic (exact) mass is 287 g/mol. The highest BCUT2D eigenvalue weighted by molar-refractivity contribution is 9.10. The van der Waals surface area contributed by atoms with E-state index in [1.165, 1.54) is 0 Å². The van der Waals surface area contributed by atoms with Gasteiger partial charge in [-0.2, -0.15) is 4.98 Å². The number of halogens is 1. The van der Waals surface area contributed by atoms with Crippen molar-refractivity contribution in [2.24, 2.45) is 5.73 Å². The lowest BCUT2D eigenvalue weighted by Gasteiger charge is -1.99. The average molecular weight is 288 g/mol. The van der Waals surface area contributed by atoms with E-state index >= 15 is 0 Å². The van der Waals surface area contributed by atoms with E-state index < -0.39 is 0 Å². The number of thiophene rings is 1. The van der Waals surface area contributed by atoms with Gasteiger partial charge in [0.05, 0.1) is 6.04 Å². The maximum Gasteiger partial charge on any atom is 0.269 e. The van der Waals surface area contributed by atoms with Crippen molar-refractivity contribution in [2.75, 3.05) is 0 Å². The second-order valence-electron chi connectivity index (χ2n) is 3.07. The summed E-state index contributed by atoms with van der Waals surface area (Å²) in [6.07, 6.45) is 0.796. The number of rotatable bonds is 3. The van der Waals surface area contributed by atoms with E-state index in [0.29, 0.717) is 11.7 Å². The zero-order valence-electron chi connectivity index (χ0n) is 8.11. The highest BCUT2D eigenvalue weighted by Gasteiger charge is 2.16. The third-order valence-corrected chi connectivity index (χ3v) is 3.85. The van der Waals surface area contributed by atoms with Crippen LogP contribution in [-0.4, -0.2) is 10.1 Å². The van der Waals surface area contributed by atoms with Gasteiger partial charge in [-0.05, 0) is 33.8 Å². The van der Waals surface area contributed by atoms with Crippen LogP contribution in [0.15, 0.2) is 20.4 Å². The summed E-state index contributed by atoms with van der Waals surface area (Å²) in [6.45, 7) is 1.99. The third-order valence-electron chi connectivity index (χ3n) is 2.02. The molecule has 0 bridgehead atoms. The van der Waals surface area contributed by atoms with Gasteiger partial charge >= 0.3 is 0 Å². The molecule has 80 valence electrons. The number of aromatic nitrogens is 2. The molecule has 6 heteroatoms. The van der Waals surface area contributed by atoms with Gasteiger partial charge in [0.1, 0.15) is 4.88 Å². The smallest absolute Gasteiger partial charge is 0.269 e. The van der Waals surface area contributed by atoms with Crippen LogP contribution < -0.4 is 5.73 Å². The van der Waals surface area contributed by atoms with Gasteiger partial charge in [0.2, 0.25) is 0 Å². The second-order valence-corrected chi connectivity index (χ2v) is 4.84. The first-order valence-corrected chi connectivity index (χ1v) is 6.22. The molecule has 1 atom stereocenters. The molecule has 0 fully saturated rings. The molecule has 0 aromatic carbocycles. The van der Waals surface area contributed by atoms with Crippen molar-refractivity contribution in [2.45, 2.75) is 19.4 Å². The predicted molar refractivity (Wildman–Crippen MR) is 62.5 cm³/mol. The first kappa shape index (κ1) is 10.8. The van der Waals surface area contributed by atoms with Crippen molar-refractivity contribution < 1.29 is 4.52 Å². The van der Waals surface area contributed by atoms with Gasteiger partial charge in [0.15, 0.2) is 5.82 Å². The molecule has 15 heavy (non-hydrogen) atoms. The highest BCUT2D eigenvalue weighted by Crippen LogP contribution is 2.32. The number of hydrogen-bond donors (Lipinski definition) is 1. The second kappa shape index (κ2) is 4.42. The molecule has 2 rings (SSSR count). The number of hydrogen-bond acceptors (Lipinski definition) is 5. The van der Waals surface area contributed by atoms with Crippen molar-refractivity contribution in [3.05, 3.63) is 21.7 Å². The lowest BCUT2D eigenvalue weighted by Crippen LogP contribution is -2.10. The SMILES string of the molecule is CCC(N)c1noc(-c2sccc2Br)n1. The Bertz CT molecular complexity index is 454. The molecule has 0 saturated carbocycles. The molecule has 2 aromatic heterocycles. The molecule has 4 nitrogen and oxygen atoms in total.